The Bertz CT molecular complexity index is 644. The maximum Gasteiger partial charge on any atom is 0.319 e. The van der Waals surface area contributed by atoms with Crippen LogP contribution in [-0.4, -0.2) is 32.3 Å². The van der Waals surface area contributed by atoms with Gasteiger partial charge in [0.05, 0.1) is 4.92 Å². The number of hydrogen-bond donors (Lipinski definition) is 2. The van der Waals surface area contributed by atoms with Gasteiger partial charge in [-0.25, -0.2) is 9.97 Å². The summed E-state index contributed by atoms with van der Waals surface area (Å²) in [6, 6.07) is 1.27. The number of halogens is 1. The number of aryl methyl sites for hydroxylation is 1. The van der Waals surface area contributed by atoms with Crippen molar-refractivity contribution in [3.8, 4) is 0 Å². The Hall–Kier alpha value is -2.48. The van der Waals surface area contributed by atoms with Crippen LogP contribution in [0.2, 0.25) is 5.15 Å². The predicted molar refractivity (Wildman–Crippen MR) is 75.1 cm³/mol. The van der Waals surface area contributed by atoms with Crippen molar-refractivity contribution in [2.45, 2.75) is 12.8 Å². The molecule has 8 nitrogen and oxygen atoms in total. The molecule has 0 aliphatic rings. The summed E-state index contributed by atoms with van der Waals surface area (Å²) in [6.45, 7) is 0.372. The molecule has 0 fully saturated rings. The van der Waals surface area contributed by atoms with E-state index in [4.69, 9.17) is 11.6 Å². The highest BCUT2D eigenvalue weighted by atomic mass is 35.5. The quantitative estimate of drug-likeness (QED) is 0.365. The SMILES string of the molecule is O=C(NCCCc1ncc[nH]1)c1ccnc(Cl)c1[N+](=O)[O-]. The van der Waals surface area contributed by atoms with Crippen LogP contribution >= 0.6 is 11.6 Å². The molecule has 9 heteroatoms. The monoisotopic (exact) mass is 309 g/mol. The third kappa shape index (κ3) is 3.76. The van der Waals surface area contributed by atoms with Crippen molar-refractivity contribution < 1.29 is 9.72 Å². The summed E-state index contributed by atoms with van der Waals surface area (Å²) in [6.07, 6.45) is 5.96. The second-order valence-electron chi connectivity index (χ2n) is 4.15. The summed E-state index contributed by atoms with van der Waals surface area (Å²) < 4.78 is 0. The largest absolute Gasteiger partial charge is 0.352 e. The number of nitrogens with zero attached hydrogens (tertiary/aromatic N) is 3. The van der Waals surface area contributed by atoms with Crippen LogP contribution in [0.4, 0.5) is 5.69 Å². The Kier molecular flexibility index (Phi) is 4.83. The minimum absolute atomic E-state index is 0.0991. The first-order valence-electron chi connectivity index (χ1n) is 6.15. The number of H-pyrrole nitrogens is 1. The molecule has 2 aromatic heterocycles. The Balaban J connectivity index is 1.94. The van der Waals surface area contributed by atoms with Crippen molar-refractivity contribution in [2.75, 3.05) is 6.54 Å². The van der Waals surface area contributed by atoms with Gasteiger partial charge in [0.25, 0.3) is 5.91 Å². The number of amides is 1. The van der Waals surface area contributed by atoms with Gasteiger partial charge in [-0.05, 0) is 12.5 Å². The smallest absolute Gasteiger partial charge is 0.319 e. The highest BCUT2D eigenvalue weighted by molar-refractivity contribution is 6.32. The number of carbonyl (C=O) groups excluding carboxylic acids is 1. The maximum atomic E-state index is 12.0. The molecule has 1 amide bonds. The molecule has 21 heavy (non-hydrogen) atoms. The number of rotatable bonds is 6. The van der Waals surface area contributed by atoms with E-state index in [9.17, 15) is 14.9 Å². The van der Waals surface area contributed by atoms with Gasteiger partial charge in [0.2, 0.25) is 5.15 Å². The van der Waals surface area contributed by atoms with E-state index in [1.54, 1.807) is 12.4 Å². The second-order valence-corrected chi connectivity index (χ2v) is 4.51. The lowest BCUT2D eigenvalue weighted by Gasteiger charge is -2.05. The van der Waals surface area contributed by atoms with E-state index in [-0.39, 0.29) is 10.7 Å². The lowest BCUT2D eigenvalue weighted by atomic mass is 10.2. The van der Waals surface area contributed by atoms with Crippen LogP contribution in [0.1, 0.15) is 22.6 Å². The summed E-state index contributed by atoms with van der Waals surface area (Å²) in [5.74, 6) is 0.271. The van der Waals surface area contributed by atoms with Crippen LogP contribution in [0.15, 0.2) is 24.7 Å². The van der Waals surface area contributed by atoms with Gasteiger partial charge >= 0.3 is 5.69 Å². The third-order valence-electron chi connectivity index (χ3n) is 2.74. The average molecular weight is 310 g/mol. The van der Waals surface area contributed by atoms with Gasteiger partial charge in [0, 0.05) is 31.6 Å². The van der Waals surface area contributed by atoms with Crippen molar-refractivity contribution in [3.63, 3.8) is 0 Å². The fourth-order valence-electron chi connectivity index (χ4n) is 1.77. The van der Waals surface area contributed by atoms with Crippen molar-refractivity contribution in [1.29, 1.82) is 0 Å². The van der Waals surface area contributed by atoms with Crippen LogP contribution < -0.4 is 5.32 Å². The number of carbonyl (C=O) groups is 1. The number of nitro groups is 1. The predicted octanol–water partition coefficient (Wildman–Crippen LogP) is 1.73. The molecule has 0 aliphatic heterocycles. The fourth-order valence-corrected chi connectivity index (χ4v) is 2.00. The van der Waals surface area contributed by atoms with E-state index >= 15 is 0 Å². The molecule has 2 heterocycles. The van der Waals surface area contributed by atoms with Crippen molar-refractivity contribution in [2.24, 2.45) is 0 Å². The molecule has 2 rings (SSSR count). The molecule has 0 saturated heterocycles. The summed E-state index contributed by atoms with van der Waals surface area (Å²) in [5.41, 5.74) is -0.583. The minimum atomic E-state index is -0.715. The summed E-state index contributed by atoms with van der Waals surface area (Å²) in [7, 11) is 0. The Morgan fingerprint density at radius 3 is 2.90 bits per heavy atom. The van der Waals surface area contributed by atoms with Gasteiger partial charge in [-0.1, -0.05) is 11.6 Å². The number of imidazole rings is 1. The number of pyridine rings is 1. The maximum absolute atomic E-state index is 12.0. The van der Waals surface area contributed by atoms with Crippen LogP contribution in [0.3, 0.4) is 0 Å². The molecule has 0 radical (unpaired) electrons. The molecule has 0 aliphatic carbocycles. The Labute approximate surface area is 124 Å². The number of nitrogens with one attached hydrogen (secondary N) is 2. The molecule has 0 spiro atoms. The normalized spacial score (nSPS) is 10.3. The first-order chi connectivity index (χ1) is 10.1. The lowest BCUT2D eigenvalue weighted by Crippen LogP contribution is -2.25. The first-order valence-corrected chi connectivity index (χ1v) is 6.52. The number of aromatic nitrogens is 3. The Morgan fingerprint density at radius 2 is 2.24 bits per heavy atom. The Morgan fingerprint density at radius 1 is 1.43 bits per heavy atom. The average Bonchev–Trinajstić information content (AvgIpc) is 2.95. The molecular formula is C12H12ClN5O3. The minimum Gasteiger partial charge on any atom is -0.352 e. The summed E-state index contributed by atoms with van der Waals surface area (Å²) in [5, 5.41) is 13.2. The van der Waals surface area contributed by atoms with Gasteiger partial charge in [-0.2, -0.15) is 0 Å². The van der Waals surface area contributed by atoms with Gasteiger partial charge in [0.15, 0.2) is 0 Å². The summed E-state index contributed by atoms with van der Waals surface area (Å²) >= 11 is 5.65. The zero-order chi connectivity index (χ0) is 15.2. The zero-order valence-electron chi connectivity index (χ0n) is 10.9. The summed E-state index contributed by atoms with van der Waals surface area (Å²) in [4.78, 5) is 32.8. The fraction of sp³-hybridized carbons (Fsp3) is 0.250. The molecule has 0 bridgehead atoms. The standard InChI is InChI=1S/C12H12ClN5O3/c13-11-10(18(20)21)8(3-5-16-11)12(19)17-4-1-2-9-14-6-7-15-9/h3,5-7H,1-2,4H2,(H,14,15)(H,17,19). The molecule has 2 N–H and O–H groups in total. The molecule has 0 aromatic carbocycles. The van der Waals surface area contributed by atoms with Crippen LogP contribution in [-0.2, 0) is 6.42 Å². The molecule has 0 unspecified atom stereocenters. The van der Waals surface area contributed by atoms with E-state index in [1.807, 2.05) is 0 Å². The highest BCUT2D eigenvalue weighted by Gasteiger charge is 2.24. The van der Waals surface area contributed by atoms with E-state index in [2.05, 4.69) is 20.3 Å². The molecule has 110 valence electrons. The van der Waals surface area contributed by atoms with Crippen molar-refractivity contribution in [1.82, 2.24) is 20.3 Å². The van der Waals surface area contributed by atoms with E-state index in [0.29, 0.717) is 19.4 Å². The van der Waals surface area contributed by atoms with E-state index < -0.39 is 16.5 Å². The van der Waals surface area contributed by atoms with Gasteiger partial charge in [-0.3, -0.25) is 14.9 Å². The third-order valence-corrected chi connectivity index (χ3v) is 3.01. The number of aromatic amines is 1. The van der Waals surface area contributed by atoms with E-state index in [0.717, 1.165) is 5.82 Å². The van der Waals surface area contributed by atoms with Crippen molar-refractivity contribution >= 4 is 23.2 Å². The molecule has 0 saturated carbocycles. The van der Waals surface area contributed by atoms with Crippen molar-refractivity contribution in [3.05, 3.63) is 51.3 Å². The second kappa shape index (κ2) is 6.80. The van der Waals surface area contributed by atoms with Gasteiger partial charge < -0.3 is 10.3 Å². The highest BCUT2D eigenvalue weighted by Crippen LogP contribution is 2.25. The van der Waals surface area contributed by atoms with Crippen LogP contribution in [0.5, 0.6) is 0 Å². The van der Waals surface area contributed by atoms with Crippen LogP contribution in [0.25, 0.3) is 0 Å². The van der Waals surface area contributed by atoms with Crippen LogP contribution in [0, 0.1) is 10.1 Å². The van der Waals surface area contributed by atoms with Gasteiger partial charge in [0.1, 0.15) is 11.4 Å². The zero-order valence-corrected chi connectivity index (χ0v) is 11.6. The lowest BCUT2D eigenvalue weighted by molar-refractivity contribution is -0.385. The first kappa shape index (κ1) is 14.9. The molecule has 2 aromatic rings. The van der Waals surface area contributed by atoms with Gasteiger partial charge in [-0.15, -0.1) is 0 Å². The van der Waals surface area contributed by atoms with E-state index in [1.165, 1.54) is 12.3 Å². The molecular weight excluding hydrogens is 298 g/mol. The topological polar surface area (TPSA) is 114 Å². The molecule has 0 atom stereocenters. The number of hydrogen-bond acceptors (Lipinski definition) is 5.